The van der Waals surface area contributed by atoms with E-state index in [1.807, 2.05) is 46.3 Å². The molecule has 1 aromatic heterocycles. The lowest BCUT2D eigenvalue weighted by Gasteiger charge is -2.30. The van der Waals surface area contributed by atoms with Gasteiger partial charge in [-0.1, -0.05) is 13.8 Å². The van der Waals surface area contributed by atoms with Crippen LogP contribution in [0.4, 0.5) is 0 Å². The first-order valence-electron chi connectivity index (χ1n) is 10.1. The molecule has 0 bridgehead atoms. The Bertz CT molecular complexity index is 915. The van der Waals surface area contributed by atoms with E-state index in [9.17, 15) is 18.5 Å². The second kappa shape index (κ2) is 8.44. The SMILES string of the molecule is Cc1nn([C@@H]2CCS(=O)(=O)C2)c(C)c1C[NH+](C)[C@@H](C)C(=O)N[C@@](C)(C#N)C(C)C. The zero-order chi connectivity index (χ0) is 22.1. The van der Waals surface area contributed by atoms with E-state index in [1.54, 1.807) is 6.92 Å². The van der Waals surface area contributed by atoms with Crippen LogP contribution in [0.3, 0.4) is 0 Å². The quantitative estimate of drug-likeness (QED) is 0.655. The molecule has 0 aliphatic carbocycles. The lowest BCUT2D eigenvalue weighted by molar-refractivity contribution is -0.908. The van der Waals surface area contributed by atoms with Gasteiger partial charge in [0.25, 0.3) is 5.91 Å². The zero-order valence-electron chi connectivity index (χ0n) is 18.5. The van der Waals surface area contributed by atoms with Crippen LogP contribution >= 0.6 is 0 Å². The number of quaternary nitrogens is 1. The largest absolute Gasteiger partial charge is 0.333 e. The first kappa shape index (κ1) is 23.4. The second-order valence-corrected chi connectivity index (χ2v) is 11.1. The number of nitrogens with zero attached hydrogens (tertiary/aromatic N) is 3. The van der Waals surface area contributed by atoms with Gasteiger partial charge in [0, 0.05) is 5.69 Å². The molecule has 162 valence electrons. The number of nitriles is 1. The van der Waals surface area contributed by atoms with Crippen LogP contribution in [0, 0.1) is 31.1 Å². The van der Waals surface area contributed by atoms with Crippen LogP contribution in [0.5, 0.6) is 0 Å². The Hall–Kier alpha value is -1.92. The van der Waals surface area contributed by atoms with Gasteiger partial charge < -0.3 is 10.2 Å². The summed E-state index contributed by atoms with van der Waals surface area (Å²) < 4.78 is 25.5. The molecule has 8 nitrogen and oxygen atoms in total. The van der Waals surface area contributed by atoms with Crippen LogP contribution in [-0.4, -0.2) is 54.2 Å². The lowest BCUT2D eigenvalue weighted by Crippen LogP contribution is -3.12. The monoisotopic (exact) mass is 424 g/mol. The minimum atomic E-state index is -2.98. The Labute approximate surface area is 174 Å². The molecular formula is C20H34N5O3S+. The Morgan fingerprint density at radius 2 is 2.03 bits per heavy atom. The number of carbonyl (C=O) groups is 1. The van der Waals surface area contributed by atoms with Crippen LogP contribution in [0.25, 0.3) is 0 Å². The summed E-state index contributed by atoms with van der Waals surface area (Å²) in [6.45, 7) is 11.9. The molecule has 2 N–H and O–H groups in total. The summed E-state index contributed by atoms with van der Waals surface area (Å²) in [5.41, 5.74) is 1.96. The third-order valence-corrected chi connectivity index (χ3v) is 8.14. The minimum absolute atomic E-state index is 0.00522. The average Bonchev–Trinajstić information content (AvgIpc) is 3.13. The number of hydrogen-bond donors (Lipinski definition) is 2. The van der Waals surface area contributed by atoms with Crippen LogP contribution in [-0.2, 0) is 21.2 Å². The first-order valence-corrected chi connectivity index (χ1v) is 11.9. The van der Waals surface area contributed by atoms with Gasteiger partial charge in [-0.15, -0.1) is 0 Å². The van der Waals surface area contributed by atoms with Crippen molar-refractivity contribution in [3.63, 3.8) is 0 Å². The molecule has 1 aromatic rings. The summed E-state index contributed by atoms with van der Waals surface area (Å²) in [5.74, 6) is 0.179. The van der Waals surface area contributed by atoms with E-state index in [2.05, 4.69) is 16.5 Å². The summed E-state index contributed by atoms with van der Waals surface area (Å²) >= 11 is 0. The van der Waals surface area contributed by atoms with Gasteiger partial charge in [-0.25, -0.2) is 8.42 Å². The summed E-state index contributed by atoms with van der Waals surface area (Å²) in [6, 6.07) is 1.74. The number of nitrogens with one attached hydrogen (secondary N) is 2. The first-order chi connectivity index (χ1) is 13.3. The number of carbonyl (C=O) groups excluding carboxylic acids is 1. The Morgan fingerprint density at radius 3 is 2.52 bits per heavy atom. The van der Waals surface area contributed by atoms with Crippen molar-refractivity contribution in [3.05, 3.63) is 17.0 Å². The van der Waals surface area contributed by atoms with Gasteiger partial charge in [-0.05, 0) is 40.0 Å². The summed E-state index contributed by atoms with van der Waals surface area (Å²) in [4.78, 5) is 13.7. The standard InChI is InChI=1S/C20H33N5O3S/c1-13(2)20(6,12-21)22-19(26)16(5)24(7)10-18-14(3)23-25(15(18)4)17-8-9-29(27,28)11-17/h13,16-17H,8-11H2,1-7H3,(H,22,26)/p+1/t16-,17+,20-/m0/s1. The number of likely N-dealkylation sites (N-methyl/N-ethyl adjacent to an activating group) is 1. The Morgan fingerprint density at radius 1 is 1.41 bits per heavy atom. The molecule has 1 aliphatic rings. The van der Waals surface area contributed by atoms with Crippen molar-refractivity contribution in [1.29, 1.82) is 5.26 Å². The van der Waals surface area contributed by atoms with Crippen LogP contribution in [0.2, 0.25) is 0 Å². The molecule has 0 saturated carbocycles. The normalized spacial score (nSPS) is 22.7. The second-order valence-electron chi connectivity index (χ2n) is 8.85. The molecule has 9 heteroatoms. The van der Waals surface area contributed by atoms with Crippen molar-refractivity contribution in [2.75, 3.05) is 18.6 Å². The molecule has 0 spiro atoms. The molecule has 1 amide bonds. The molecule has 2 rings (SSSR count). The van der Waals surface area contributed by atoms with Gasteiger partial charge in [0.15, 0.2) is 15.9 Å². The van der Waals surface area contributed by atoms with Gasteiger partial charge in [0.05, 0.1) is 41.9 Å². The molecule has 2 heterocycles. The minimum Gasteiger partial charge on any atom is -0.333 e. The van der Waals surface area contributed by atoms with Gasteiger partial charge in [0.1, 0.15) is 12.1 Å². The Kier molecular flexibility index (Phi) is 6.80. The number of aromatic nitrogens is 2. The van der Waals surface area contributed by atoms with Gasteiger partial charge >= 0.3 is 0 Å². The highest BCUT2D eigenvalue weighted by atomic mass is 32.2. The third-order valence-electron chi connectivity index (χ3n) is 6.39. The molecule has 0 aromatic carbocycles. The topological polar surface area (TPSA) is 109 Å². The van der Waals surface area contributed by atoms with Crippen molar-refractivity contribution < 1.29 is 18.1 Å². The van der Waals surface area contributed by atoms with Crippen molar-refractivity contribution >= 4 is 15.7 Å². The van der Waals surface area contributed by atoms with Crippen molar-refractivity contribution in [2.45, 2.75) is 72.1 Å². The van der Waals surface area contributed by atoms with Gasteiger partial charge in [-0.2, -0.15) is 10.4 Å². The van der Waals surface area contributed by atoms with E-state index >= 15 is 0 Å². The van der Waals surface area contributed by atoms with E-state index in [0.29, 0.717) is 13.0 Å². The predicted octanol–water partition coefficient (Wildman–Crippen LogP) is 0.317. The van der Waals surface area contributed by atoms with Crippen LogP contribution < -0.4 is 10.2 Å². The van der Waals surface area contributed by atoms with E-state index in [0.717, 1.165) is 21.9 Å². The number of rotatable bonds is 7. The maximum absolute atomic E-state index is 12.7. The van der Waals surface area contributed by atoms with Crippen LogP contribution in [0.15, 0.2) is 0 Å². The average molecular weight is 425 g/mol. The fourth-order valence-electron chi connectivity index (χ4n) is 3.60. The molecular weight excluding hydrogens is 390 g/mol. The molecule has 1 aliphatic heterocycles. The van der Waals surface area contributed by atoms with E-state index in [1.165, 1.54) is 0 Å². The van der Waals surface area contributed by atoms with Crippen molar-refractivity contribution in [2.24, 2.45) is 5.92 Å². The summed E-state index contributed by atoms with van der Waals surface area (Å²) in [6.07, 6.45) is 0.590. The van der Waals surface area contributed by atoms with E-state index < -0.39 is 15.4 Å². The third kappa shape index (κ3) is 4.98. The highest BCUT2D eigenvalue weighted by Gasteiger charge is 2.35. The van der Waals surface area contributed by atoms with Crippen molar-refractivity contribution in [3.8, 4) is 6.07 Å². The molecule has 1 fully saturated rings. The molecule has 0 radical (unpaired) electrons. The summed E-state index contributed by atoms with van der Waals surface area (Å²) in [7, 11) is -1.04. The number of hydrogen-bond acceptors (Lipinski definition) is 5. The van der Waals surface area contributed by atoms with Crippen LogP contribution in [0.1, 0.15) is 57.1 Å². The highest BCUT2D eigenvalue weighted by Crippen LogP contribution is 2.26. The van der Waals surface area contributed by atoms with Crippen molar-refractivity contribution in [1.82, 2.24) is 15.1 Å². The number of amides is 1. The smallest absolute Gasteiger partial charge is 0.279 e. The van der Waals surface area contributed by atoms with Gasteiger partial charge in [-0.3, -0.25) is 9.48 Å². The molecule has 1 saturated heterocycles. The molecule has 29 heavy (non-hydrogen) atoms. The Balaban J connectivity index is 2.13. The summed E-state index contributed by atoms with van der Waals surface area (Å²) in [5, 5.41) is 16.9. The van der Waals surface area contributed by atoms with Gasteiger partial charge in [0.2, 0.25) is 0 Å². The predicted molar refractivity (Wildman–Crippen MR) is 111 cm³/mol. The highest BCUT2D eigenvalue weighted by molar-refractivity contribution is 7.91. The van der Waals surface area contributed by atoms with E-state index in [-0.39, 0.29) is 35.4 Å². The number of sulfone groups is 1. The molecule has 4 atom stereocenters. The number of aryl methyl sites for hydroxylation is 1. The lowest BCUT2D eigenvalue weighted by atomic mass is 9.89. The zero-order valence-corrected chi connectivity index (χ0v) is 19.4. The van der Waals surface area contributed by atoms with E-state index in [4.69, 9.17) is 0 Å². The maximum atomic E-state index is 12.7. The molecule has 1 unspecified atom stereocenters. The fourth-order valence-corrected chi connectivity index (χ4v) is 5.29. The maximum Gasteiger partial charge on any atom is 0.279 e. The fraction of sp³-hybridized carbons (Fsp3) is 0.750.